The standard InChI is InChI=1S/C21H23NO5/c1-13-9-14(2)11-19(10-13)26-12-20(24)27-16(4)21(25)22-18-7-5-17(6-8-18)15(3)23/h5-11,16H,12H2,1-4H3,(H,22,25)/t16-/m0/s1. The number of hydrogen-bond acceptors (Lipinski definition) is 5. The van der Waals surface area contributed by atoms with Crippen LogP contribution in [0.15, 0.2) is 42.5 Å². The summed E-state index contributed by atoms with van der Waals surface area (Å²) in [5.41, 5.74) is 3.12. The van der Waals surface area contributed by atoms with Crippen LogP contribution in [-0.2, 0) is 14.3 Å². The van der Waals surface area contributed by atoms with Gasteiger partial charge in [-0.1, -0.05) is 6.07 Å². The lowest BCUT2D eigenvalue weighted by Gasteiger charge is -2.14. The zero-order valence-electron chi connectivity index (χ0n) is 15.9. The Bertz CT molecular complexity index is 822. The molecule has 2 aromatic rings. The molecular formula is C21H23NO5. The van der Waals surface area contributed by atoms with Crippen LogP contribution in [0.1, 0.15) is 35.3 Å². The third-order valence-electron chi connectivity index (χ3n) is 3.79. The molecule has 0 heterocycles. The average Bonchev–Trinajstić information content (AvgIpc) is 2.59. The molecule has 142 valence electrons. The highest BCUT2D eigenvalue weighted by molar-refractivity contribution is 5.97. The molecule has 0 aliphatic heterocycles. The van der Waals surface area contributed by atoms with E-state index in [1.54, 1.807) is 24.3 Å². The van der Waals surface area contributed by atoms with Crippen LogP contribution in [0.25, 0.3) is 0 Å². The molecule has 0 radical (unpaired) electrons. The molecule has 0 spiro atoms. The Hall–Kier alpha value is -3.15. The number of amides is 1. The summed E-state index contributed by atoms with van der Waals surface area (Å²) in [7, 11) is 0. The van der Waals surface area contributed by atoms with E-state index in [1.807, 2.05) is 32.0 Å². The molecule has 1 N–H and O–H groups in total. The maximum atomic E-state index is 12.1. The van der Waals surface area contributed by atoms with Crippen LogP contribution in [0.4, 0.5) is 5.69 Å². The van der Waals surface area contributed by atoms with E-state index in [0.29, 0.717) is 17.0 Å². The van der Waals surface area contributed by atoms with Gasteiger partial charge in [-0.05, 0) is 75.2 Å². The summed E-state index contributed by atoms with van der Waals surface area (Å²) in [6.45, 7) is 6.54. The molecule has 0 saturated carbocycles. The monoisotopic (exact) mass is 369 g/mol. The molecule has 6 heteroatoms. The van der Waals surface area contributed by atoms with Gasteiger partial charge in [-0.25, -0.2) is 4.79 Å². The zero-order valence-corrected chi connectivity index (χ0v) is 15.9. The fraction of sp³-hybridized carbons (Fsp3) is 0.286. The molecule has 0 fully saturated rings. The normalized spacial score (nSPS) is 11.4. The van der Waals surface area contributed by atoms with Gasteiger partial charge in [-0.15, -0.1) is 0 Å². The second-order valence-electron chi connectivity index (χ2n) is 6.37. The number of rotatable bonds is 7. The molecule has 0 aromatic heterocycles. The fourth-order valence-corrected chi connectivity index (χ4v) is 2.48. The van der Waals surface area contributed by atoms with Gasteiger partial charge in [0, 0.05) is 11.3 Å². The van der Waals surface area contributed by atoms with Gasteiger partial charge in [0.05, 0.1) is 0 Å². The topological polar surface area (TPSA) is 81.7 Å². The number of ketones is 1. The third-order valence-corrected chi connectivity index (χ3v) is 3.79. The molecule has 0 saturated heterocycles. The van der Waals surface area contributed by atoms with Gasteiger partial charge in [0.2, 0.25) is 0 Å². The van der Waals surface area contributed by atoms with Crippen LogP contribution in [-0.4, -0.2) is 30.4 Å². The van der Waals surface area contributed by atoms with E-state index in [-0.39, 0.29) is 12.4 Å². The summed E-state index contributed by atoms with van der Waals surface area (Å²) >= 11 is 0. The predicted octanol–water partition coefficient (Wildman–Crippen LogP) is 3.46. The molecule has 1 atom stereocenters. The van der Waals surface area contributed by atoms with Crippen molar-refractivity contribution in [1.29, 1.82) is 0 Å². The number of esters is 1. The predicted molar refractivity (Wildman–Crippen MR) is 102 cm³/mol. The number of Topliss-reactive ketones (excluding diaryl/α,β-unsaturated/α-hetero) is 1. The van der Waals surface area contributed by atoms with Crippen molar-refractivity contribution in [2.75, 3.05) is 11.9 Å². The second-order valence-corrected chi connectivity index (χ2v) is 6.37. The third kappa shape index (κ3) is 6.26. The van der Waals surface area contributed by atoms with Crippen molar-refractivity contribution in [3.63, 3.8) is 0 Å². The molecule has 0 bridgehead atoms. The fourth-order valence-electron chi connectivity index (χ4n) is 2.48. The Kier molecular flexibility index (Phi) is 6.71. The minimum absolute atomic E-state index is 0.0565. The molecule has 2 rings (SSSR count). The van der Waals surface area contributed by atoms with Crippen LogP contribution in [0.5, 0.6) is 5.75 Å². The Balaban J connectivity index is 1.84. The summed E-state index contributed by atoms with van der Waals surface area (Å²) in [6.07, 6.45) is -0.979. The van der Waals surface area contributed by atoms with Crippen molar-refractivity contribution in [3.05, 3.63) is 59.2 Å². The lowest BCUT2D eigenvalue weighted by atomic mass is 10.1. The lowest BCUT2D eigenvalue weighted by Crippen LogP contribution is -2.31. The van der Waals surface area contributed by atoms with E-state index >= 15 is 0 Å². The molecule has 1 amide bonds. The molecule has 27 heavy (non-hydrogen) atoms. The van der Waals surface area contributed by atoms with Crippen molar-refractivity contribution in [3.8, 4) is 5.75 Å². The number of nitrogens with one attached hydrogen (secondary N) is 1. The molecule has 2 aromatic carbocycles. The van der Waals surface area contributed by atoms with Crippen molar-refractivity contribution in [1.82, 2.24) is 0 Å². The lowest BCUT2D eigenvalue weighted by molar-refractivity contribution is -0.155. The largest absolute Gasteiger partial charge is 0.482 e. The minimum atomic E-state index is -0.979. The van der Waals surface area contributed by atoms with Crippen LogP contribution >= 0.6 is 0 Å². The molecule has 0 aliphatic rings. The van der Waals surface area contributed by atoms with E-state index in [1.165, 1.54) is 13.8 Å². The quantitative estimate of drug-likeness (QED) is 0.597. The average molecular weight is 369 g/mol. The Labute approximate surface area is 158 Å². The van der Waals surface area contributed by atoms with Gasteiger partial charge in [-0.3, -0.25) is 9.59 Å². The van der Waals surface area contributed by atoms with E-state index in [9.17, 15) is 14.4 Å². The van der Waals surface area contributed by atoms with Crippen molar-refractivity contribution in [2.24, 2.45) is 0 Å². The summed E-state index contributed by atoms with van der Waals surface area (Å²) in [6, 6.07) is 12.1. The smallest absolute Gasteiger partial charge is 0.344 e. The Morgan fingerprint density at radius 1 is 1.00 bits per heavy atom. The van der Waals surface area contributed by atoms with Gasteiger partial charge >= 0.3 is 5.97 Å². The SMILES string of the molecule is CC(=O)c1ccc(NC(=O)[C@H](C)OC(=O)COc2cc(C)cc(C)c2)cc1. The van der Waals surface area contributed by atoms with Crippen LogP contribution < -0.4 is 10.1 Å². The van der Waals surface area contributed by atoms with Gasteiger partial charge in [0.15, 0.2) is 18.5 Å². The second kappa shape index (κ2) is 8.98. The first-order valence-corrected chi connectivity index (χ1v) is 8.57. The molecular weight excluding hydrogens is 346 g/mol. The molecule has 0 aliphatic carbocycles. The van der Waals surface area contributed by atoms with Crippen molar-refractivity contribution < 1.29 is 23.9 Å². The zero-order chi connectivity index (χ0) is 20.0. The number of aryl methyl sites for hydroxylation is 2. The number of hydrogen-bond donors (Lipinski definition) is 1. The maximum absolute atomic E-state index is 12.1. The van der Waals surface area contributed by atoms with Crippen LogP contribution in [0, 0.1) is 13.8 Å². The number of anilines is 1. The molecule has 0 unspecified atom stereocenters. The van der Waals surface area contributed by atoms with Crippen LogP contribution in [0.2, 0.25) is 0 Å². The van der Waals surface area contributed by atoms with Gasteiger partial charge < -0.3 is 14.8 Å². The highest BCUT2D eigenvalue weighted by Crippen LogP contribution is 2.16. The number of ether oxygens (including phenoxy) is 2. The van der Waals surface area contributed by atoms with Gasteiger partial charge in [0.1, 0.15) is 5.75 Å². The van der Waals surface area contributed by atoms with E-state index < -0.39 is 18.0 Å². The summed E-state index contributed by atoms with van der Waals surface area (Å²) in [5, 5.41) is 2.63. The van der Waals surface area contributed by atoms with Crippen LogP contribution in [0.3, 0.4) is 0 Å². The van der Waals surface area contributed by atoms with Gasteiger partial charge in [0.25, 0.3) is 5.91 Å². The first kappa shape index (κ1) is 20.2. The summed E-state index contributed by atoms with van der Waals surface area (Å²) in [5.74, 6) is -0.583. The van der Waals surface area contributed by atoms with Crippen molar-refractivity contribution >= 4 is 23.3 Å². The summed E-state index contributed by atoms with van der Waals surface area (Å²) < 4.78 is 10.5. The number of carbonyl (C=O) groups excluding carboxylic acids is 3. The molecule has 6 nitrogen and oxygen atoms in total. The summed E-state index contributed by atoms with van der Waals surface area (Å²) in [4.78, 5) is 35.3. The minimum Gasteiger partial charge on any atom is -0.482 e. The first-order chi connectivity index (χ1) is 12.7. The maximum Gasteiger partial charge on any atom is 0.344 e. The number of carbonyl (C=O) groups is 3. The number of benzene rings is 2. The Morgan fingerprint density at radius 3 is 2.15 bits per heavy atom. The Morgan fingerprint density at radius 2 is 1.59 bits per heavy atom. The van der Waals surface area contributed by atoms with E-state index in [0.717, 1.165) is 11.1 Å². The van der Waals surface area contributed by atoms with Crippen molar-refractivity contribution in [2.45, 2.75) is 33.8 Å². The van der Waals surface area contributed by atoms with Gasteiger partial charge in [-0.2, -0.15) is 0 Å². The van der Waals surface area contributed by atoms with E-state index in [2.05, 4.69) is 5.32 Å². The highest BCUT2D eigenvalue weighted by atomic mass is 16.6. The van der Waals surface area contributed by atoms with E-state index in [4.69, 9.17) is 9.47 Å². The highest BCUT2D eigenvalue weighted by Gasteiger charge is 2.18. The first-order valence-electron chi connectivity index (χ1n) is 8.57.